The third kappa shape index (κ3) is 10.6. The highest BCUT2D eigenvalue weighted by molar-refractivity contribution is 14.0. The van der Waals surface area contributed by atoms with Crippen LogP contribution in [0.1, 0.15) is 26.0 Å². The van der Waals surface area contributed by atoms with Crippen LogP contribution in [-0.2, 0) is 11.2 Å². The summed E-state index contributed by atoms with van der Waals surface area (Å²) in [5.41, 5.74) is 0. The molecule has 0 spiro atoms. The predicted octanol–water partition coefficient (Wildman–Crippen LogP) is 2.67. The van der Waals surface area contributed by atoms with E-state index in [9.17, 15) is 0 Å². The zero-order chi connectivity index (χ0) is 14.6. The van der Waals surface area contributed by atoms with E-state index >= 15 is 0 Å². The van der Waals surface area contributed by atoms with Gasteiger partial charge in [0.05, 0.1) is 12.9 Å². The summed E-state index contributed by atoms with van der Waals surface area (Å²) in [5.74, 6) is 2.47. The Hall–Kier alpha value is -0.760. The average Bonchev–Trinajstić information content (AvgIpc) is 2.93. The third-order valence-corrected chi connectivity index (χ3v) is 2.85. The monoisotopic (exact) mass is 409 g/mol. The molecule has 0 atom stereocenters. The number of nitrogens with one attached hydrogen (secondary N) is 2. The van der Waals surface area contributed by atoms with Crippen molar-refractivity contribution >= 4 is 29.9 Å². The van der Waals surface area contributed by atoms with Crippen LogP contribution in [0.3, 0.4) is 0 Å². The molecule has 1 rings (SSSR count). The van der Waals surface area contributed by atoms with E-state index < -0.39 is 0 Å². The molecule has 5 nitrogen and oxygen atoms in total. The van der Waals surface area contributed by atoms with E-state index in [-0.39, 0.29) is 24.0 Å². The molecule has 2 N–H and O–H groups in total. The van der Waals surface area contributed by atoms with Crippen molar-refractivity contribution in [3.05, 3.63) is 24.2 Å². The molecule has 1 aromatic rings. The molecule has 0 bridgehead atoms. The number of guanidine groups is 1. The first-order valence-corrected chi connectivity index (χ1v) is 7.27. The normalized spacial score (nSPS) is 11.3. The van der Waals surface area contributed by atoms with Crippen molar-refractivity contribution in [1.82, 2.24) is 10.6 Å². The Morgan fingerprint density at radius 2 is 2.05 bits per heavy atom. The minimum Gasteiger partial charge on any atom is -0.469 e. The van der Waals surface area contributed by atoms with Crippen LogP contribution in [0.5, 0.6) is 0 Å². The third-order valence-electron chi connectivity index (χ3n) is 2.85. The number of rotatable bonds is 9. The molecule has 0 amide bonds. The Morgan fingerprint density at radius 3 is 2.67 bits per heavy atom. The molecule has 0 aliphatic rings. The van der Waals surface area contributed by atoms with Gasteiger partial charge in [0, 0.05) is 33.2 Å². The Labute approximate surface area is 144 Å². The van der Waals surface area contributed by atoms with E-state index in [1.165, 1.54) is 0 Å². The van der Waals surface area contributed by atoms with Gasteiger partial charge in [-0.2, -0.15) is 0 Å². The molecule has 0 saturated carbocycles. The molecule has 1 aromatic heterocycles. The lowest BCUT2D eigenvalue weighted by Crippen LogP contribution is -2.39. The number of aliphatic imine (C=N–C) groups is 1. The second-order valence-corrected chi connectivity index (χ2v) is 5.05. The maximum Gasteiger partial charge on any atom is 0.191 e. The molecule has 0 unspecified atom stereocenters. The second-order valence-electron chi connectivity index (χ2n) is 5.05. The summed E-state index contributed by atoms with van der Waals surface area (Å²) >= 11 is 0. The fraction of sp³-hybridized carbons (Fsp3) is 0.667. The van der Waals surface area contributed by atoms with Crippen molar-refractivity contribution in [3.8, 4) is 0 Å². The van der Waals surface area contributed by atoms with Crippen LogP contribution in [0.25, 0.3) is 0 Å². The van der Waals surface area contributed by atoms with E-state index in [1.54, 1.807) is 13.3 Å². The Morgan fingerprint density at radius 1 is 1.29 bits per heavy atom. The van der Waals surface area contributed by atoms with Gasteiger partial charge in [-0.3, -0.25) is 4.99 Å². The Bertz CT molecular complexity index is 367. The molecular weight excluding hydrogens is 381 g/mol. The standard InChI is InChI=1S/C15H27N3O2.HI/c1-13(2)7-11-19-12-9-18-15(16-3)17-8-6-14-5-4-10-20-14;/h4-5,10,13H,6-9,11-12H2,1-3H3,(H2,16,17,18);1H. The topological polar surface area (TPSA) is 58.8 Å². The molecule has 6 heteroatoms. The van der Waals surface area contributed by atoms with Crippen molar-refractivity contribution in [1.29, 1.82) is 0 Å². The number of nitrogens with zero attached hydrogens (tertiary/aromatic N) is 1. The summed E-state index contributed by atoms with van der Waals surface area (Å²) in [6, 6.07) is 3.87. The molecule has 1 heterocycles. The molecule has 0 radical (unpaired) electrons. The molecule has 0 aromatic carbocycles. The summed E-state index contributed by atoms with van der Waals surface area (Å²) in [7, 11) is 1.77. The predicted molar refractivity (Wildman–Crippen MR) is 97.5 cm³/mol. The number of hydrogen-bond donors (Lipinski definition) is 2. The first-order valence-electron chi connectivity index (χ1n) is 7.27. The van der Waals surface area contributed by atoms with Crippen molar-refractivity contribution in [2.75, 3.05) is 33.4 Å². The summed E-state index contributed by atoms with van der Waals surface area (Å²) < 4.78 is 10.8. The van der Waals surface area contributed by atoms with Crippen molar-refractivity contribution < 1.29 is 9.15 Å². The van der Waals surface area contributed by atoms with Crippen LogP contribution in [0.4, 0.5) is 0 Å². The van der Waals surface area contributed by atoms with Gasteiger partial charge in [-0.05, 0) is 24.5 Å². The van der Waals surface area contributed by atoms with E-state index in [1.807, 2.05) is 12.1 Å². The zero-order valence-electron chi connectivity index (χ0n) is 13.2. The maximum atomic E-state index is 5.54. The van der Waals surface area contributed by atoms with E-state index in [0.29, 0.717) is 12.5 Å². The number of furan rings is 1. The molecule has 0 fully saturated rings. The van der Waals surface area contributed by atoms with Crippen LogP contribution in [-0.4, -0.2) is 39.3 Å². The Kier molecular flexibility index (Phi) is 12.5. The molecular formula is C15H28IN3O2. The minimum absolute atomic E-state index is 0. The van der Waals surface area contributed by atoms with Gasteiger partial charge in [-0.15, -0.1) is 24.0 Å². The summed E-state index contributed by atoms with van der Waals surface area (Å²) in [5, 5.41) is 6.46. The van der Waals surface area contributed by atoms with Gasteiger partial charge in [0.2, 0.25) is 0 Å². The van der Waals surface area contributed by atoms with Gasteiger partial charge in [0.1, 0.15) is 5.76 Å². The molecule has 0 aliphatic heterocycles. The van der Waals surface area contributed by atoms with Crippen LogP contribution in [0.15, 0.2) is 27.8 Å². The van der Waals surface area contributed by atoms with E-state index in [4.69, 9.17) is 9.15 Å². The highest BCUT2D eigenvalue weighted by Crippen LogP contribution is 1.99. The summed E-state index contributed by atoms with van der Waals surface area (Å²) in [6.07, 6.45) is 3.64. The lowest BCUT2D eigenvalue weighted by Gasteiger charge is -2.12. The highest BCUT2D eigenvalue weighted by atomic mass is 127. The van der Waals surface area contributed by atoms with Gasteiger partial charge < -0.3 is 19.8 Å². The van der Waals surface area contributed by atoms with E-state index in [2.05, 4.69) is 29.5 Å². The van der Waals surface area contributed by atoms with Gasteiger partial charge in [0.15, 0.2) is 5.96 Å². The first-order chi connectivity index (χ1) is 9.72. The number of ether oxygens (including phenoxy) is 1. The smallest absolute Gasteiger partial charge is 0.191 e. The lowest BCUT2D eigenvalue weighted by molar-refractivity contribution is 0.128. The molecule has 0 saturated heterocycles. The van der Waals surface area contributed by atoms with E-state index in [0.717, 1.165) is 44.3 Å². The van der Waals surface area contributed by atoms with Gasteiger partial charge in [-0.1, -0.05) is 13.8 Å². The molecule has 0 aliphatic carbocycles. The van der Waals surface area contributed by atoms with Gasteiger partial charge >= 0.3 is 0 Å². The quantitative estimate of drug-likeness (QED) is 0.285. The van der Waals surface area contributed by atoms with Crippen molar-refractivity contribution in [2.24, 2.45) is 10.9 Å². The van der Waals surface area contributed by atoms with Crippen LogP contribution in [0, 0.1) is 5.92 Å². The van der Waals surface area contributed by atoms with Gasteiger partial charge in [0.25, 0.3) is 0 Å². The van der Waals surface area contributed by atoms with Crippen LogP contribution >= 0.6 is 24.0 Å². The maximum absolute atomic E-state index is 5.54. The summed E-state index contributed by atoms with van der Waals surface area (Å²) in [4.78, 5) is 4.16. The van der Waals surface area contributed by atoms with Crippen LogP contribution < -0.4 is 10.6 Å². The summed E-state index contributed by atoms with van der Waals surface area (Å²) in [6.45, 7) is 7.48. The number of halogens is 1. The Balaban J connectivity index is 0.00000400. The molecule has 21 heavy (non-hydrogen) atoms. The van der Waals surface area contributed by atoms with Crippen LogP contribution in [0.2, 0.25) is 0 Å². The molecule has 122 valence electrons. The first kappa shape index (κ1) is 20.2. The zero-order valence-corrected chi connectivity index (χ0v) is 15.6. The number of hydrogen-bond acceptors (Lipinski definition) is 3. The van der Waals surface area contributed by atoms with Crippen molar-refractivity contribution in [3.63, 3.8) is 0 Å². The largest absolute Gasteiger partial charge is 0.469 e. The SMILES string of the molecule is CN=C(NCCOCCC(C)C)NCCc1ccco1.I. The second kappa shape index (κ2) is 12.9. The highest BCUT2D eigenvalue weighted by Gasteiger charge is 1.99. The van der Waals surface area contributed by atoms with Crippen molar-refractivity contribution in [2.45, 2.75) is 26.7 Å². The average molecular weight is 409 g/mol. The lowest BCUT2D eigenvalue weighted by atomic mass is 10.1. The fourth-order valence-corrected chi connectivity index (χ4v) is 1.64. The van der Waals surface area contributed by atoms with Gasteiger partial charge in [-0.25, -0.2) is 0 Å². The minimum atomic E-state index is 0. The fourth-order valence-electron chi connectivity index (χ4n) is 1.64.